The molecule has 0 aromatic heterocycles. The molecule has 1 heterocycles. The van der Waals surface area contributed by atoms with Gasteiger partial charge < -0.3 is 5.11 Å². The van der Waals surface area contributed by atoms with E-state index in [4.69, 9.17) is 11.6 Å². The number of carboxylic acids is 1. The van der Waals surface area contributed by atoms with Crippen LogP contribution >= 0.6 is 11.6 Å². The van der Waals surface area contributed by atoms with Crippen LogP contribution in [0, 0.1) is 11.8 Å². The first-order valence-corrected chi connectivity index (χ1v) is 8.67. The van der Waals surface area contributed by atoms with E-state index in [0.717, 1.165) is 56.8 Å². The maximum absolute atomic E-state index is 11.5. The van der Waals surface area contributed by atoms with Gasteiger partial charge in [-0.25, -0.2) is 0 Å². The summed E-state index contributed by atoms with van der Waals surface area (Å²) in [5.41, 5.74) is 1.27. The van der Waals surface area contributed by atoms with Gasteiger partial charge in [0, 0.05) is 11.6 Å². The lowest BCUT2D eigenvalue weighted by molar-refractivity contribution is -0.144. The molecule has 1 unspecified atom stereocenters. The van der Waals surface area contributed by atoms with Crippen molar-refractivity contribution in [2.45, 2.75) is 45.6 Å². The number of halogens is 1. The highest BCUT2D eigenvalue weighted by Crippen LogP contribution is 2.29. The first-order chi connectivity index (χ1) is 10.6. The van der Waals surface area contributed by atoms with E-state index in [2.05, 4.69) is 24.0 Å². The Labute approximate surface area is 138 Å². The third kappa shape index (κ3) is 4.99. The molecule has 1 atom stereocenters. The van der Waals surface area contributed by atoms with Gasteiger partial charge in [0.1, 0.15) is 0 Å². The van der Waals surface area contributed by atoms with Crippen molar-refractivity contribution in [3.05, 3.63) is 34.9 Å². The van der Waals surface area contributed by atoms with Crippen LogP contribution in [-0.4, -0.2) is 29.1 Å². The first-order valence-electron chi connectivity index (χ1n) is 8.29. The zero-order chi connectivity index (χ0) is 15.9. The summed E-state index contributed by atoms with van der Waals surface area (Å²) < 4.78 is 0. The number of nitrogens with zero attached hydrogens (tertiary/aromatic N) is 1. The van der Waals surface area contributed by atoms with E-state index < -0.39 is 5.97 Å². The number of piperidine rings is 1. The minimum Gasteiger partial charge on any atom is -0.481 e. The monoisotopic (exact) mass is 323 g/mol. The Kier molecular flexibility index (Phi) is 6.71. The molecule has 1 aromatic carbocycles. The van der Waals surface area contributed by atoms with E-state index in [0.29, 0.717) is 5.92 Å². The zero-order valence-corrected chi connectivity index (χ0v) is 14.1. The van der Waals surface area contributed by atoms with Gasteiger partial charge in [0.25, 0.3) is 0 Å². The van der Waals surface area contributed by atoms with Crippen LogP contribution in [0.3, 0.4) is 0 Å². The van der Waals surface area contributed by atoms with E-state index in [1.807, 2.05) is 12.1 Å². The summed E-state index contributed by atoms with van der Waals surface area (Å²) >= 11 is 5.91. The maximum Gasteiger partial charge on any atom is 0.306 e. The van der Waals surface area contributed by atoms with Gasteiger partial charge in [0.2, 0.25) is 0 Å². The molecule has 1 aromatic rings. The van der Waals surface area contributed by atoms with Crippen molar-refractivity contribution in [1.29, 1.82) is 0 Å². The molecule has 0 aliphatic carbocycles. The molecule has 3 nitrogen and oxygen atoms in total. The standard InChI is InChI=1S/C18H26ClNO2/c1-2-3-4-17(18(21)22)15-9-11-20(12-10-15)13-14-5-7-16(19)8-6-14/h5-8,15,17H,2-4,9-13H2,1H3,(H,21,22). The summed E-state index contributed by atoms with van der Waals surface area (Å²) in [5, 5.41) is 10.2. The average Bonchev–Trinajstić information content (AvgIpc) is 2.51. The van der Waals surface area contributed by atoms with E-state index in [9.17, 15) is 9.90 Å². The molecule has 1 N–H and O–H groups in total. The number of aliphatic carboxylic acids is 1. The van der Waals surface area contributed by atoms with Crippen molar-refractivity contribution >= 4 is 17.6 Å². The smallest absolute Gasteiger partial charge is 0.306 e. The van der Waals surface area contributed by atoms with Crippen LogP contribution < -0.4 is 0 Å². The highest BCUT2D eigenvalue weighted by Gasteiger charge is 2.30. The molecule has 0 radical (unpaired) electrons. The topological polar surface area (TPSA) is 40.5 Å². The van der Waals surface area contributed by atoms with Crippen LogP contribution in [0.25, 0.3) is 0 Å². The minimum atomic E-state index is -0.607. The minimum absolute atomic E-state index is 0.155. The second-order valence-corrected chi connectivity index (χ2v) is 6.76. The van der Waals surface area contributed by atoms with Crippen molar-refractivity contribution in [2.24, 2.45) is 11.8 Å². The fourth-order valence-corrected chi connectivity index (χ4v) is 3.47. The molecule has 1 aliphatic heterocycles. The molecule has 2 rings (SSSR count). The molecule has 0 amide bonds. The lowest BCUT2D eigenvalue weighted by atomic mass is 9.81. The predicted molar refractivity (Wildman–Crippen MR) is 90.1 cm³/mol. The Balaban J connectivity index is 1.83. The van der Waals surface area contributed by atoms with Gasteiger partial charge in [-0.15, -0.1) is 0 Å². The quantitative estimate of drug-likeness (QED) is 0.806. The van der Waals surface area contributed by atoms with Crippen LogP contribution in [0.4, 0.5) is 0 Å². The van der Waals surface area contributed by atoms with Gasteiger partial charge in [0.05, 0.1) is 5.92 Å². The zero-order valence-electron chi connectivity index (χ0n) is 13.3. The lowest BCUT2D eigenvalue weighted by Crippen LogP contribution is -2.37. The van der Waals surface area contributed by atoms with Gasteiger partial charge in [-0.1, -0.05) is 43.5 Å². The number of carboxylic acid groups (broad SMARTS) is 1. The maximum atomic E-state index is 11.5. The molecule has 0 saturated carbocycles. The summed E-state index contributed by atoms with van der Waals surface area (Å²) in [5.74, 6) is -0.423. The van der Waals surface area contributed by atoms with Gasteiger partial charge >= 0.3 is 5.97 Å². The van der Waals surface area contributed by atoms with Crippen molar-refractivity contribution in [1.82, 2.24) is 4.90 Å². The van der Waals surface area contributed by atoms with Crippen LogP contribution in [0.15, 0.2) is 24.3 Å². The number of rotatable bonds is 7. The highest BCUT2D eigenvalue weighted by molar-refractivity contribution is 6.30. The Bertz CT molecular complexity index is 466. The molecule has 0 spiro atoms. The van der Waals surface area contributed by atoms with Crippen molar-refractivity contribution in [3.8, 4) is 0 Å². The number of hydrogen-bond acceptors (Lipinski definition) is 2. The van der Waals surface area contributed by atoms with Crippen molar-refractivity contribution < 1.29 is 9.90 Å². The number of likely N-dealkylation sites (tertiary alicyclic amines) is 1. The Morgan fingerprint density at radius 2 is 1.95 bits per heavy atom. The molecule has 4 heteroatoms. The molecule has 0 bridgehead atoms. The van der Waals surface area contributed by atoms with Crippen LogP contribution in [0.1, 0.15) is 44.6 Å². The van der Waals surface area contributed by atoms with Crippen molar-refractivity contribution in [3.63, 3.8) is 0 Å². The third-order valence-electron chi connectivity index (χ3n) is 4.71. The Morgan fingerprint density at radius 3 is 2.50 bits per heavy atom. The van der Waals surface area contributed by atoms with E-state index in [1.165, 1.54) is 5.56 Å². The summed E-state index contributed by atoms with van der Waals surface area (Å²) in [6.45, 7) is 5.02. The first kappa shape index (κ1) is 17.3. The molecular formula is C18H26ClNO2. The number of carbonyl (C=O) groups is 1. The molecule has 22 heavy (non-hydrogen) atoms. The van der Waals surface area contributed by atoms with Gasteiger partial charge in [-0.2, -0.15) is 0 Å². The Morgan fingerprint density at radius 1 is 1.32 bits per heavy atom. The summed E-state index contributed by atoms with van der Waals surface area (Å²) in [6, 6.07) is 7.98. The molecule has 1 fully saturated rings. The van der Waals surface area contributed by atoms with Gasteiger partial charge in [0.15, 0.2) is 0 Å². The van der Waals surface area contributed by atoms with Gasteiger partial charge in [-0.3, -0.25) is 9.69 Å². The largest absolute Gasteiger partial charge is 0.481 e. The normalized spacial score (nSPS) is 18.3. The second kappa shape index (κ2) is 8.54. The SMILES string of the molecule is CCCCC(C(=O)O)C1CCN(Cc2ccc(Cl)cc2)CC1. The average molecular weight is 324 g/mol. The number of unbranched alkanes of at least 4 members (excludes halogenated alkanes) is 1. The summed E-state index contributed by atoms with van der Waals surface area (Å²) in [7, 11) is 0. The molecule has 1 saturated heterocycles. The highest BCUT2D eigenvalue weighted by atomic mass is 35.5. The summed E-state index contributed by atoms with van der Waals surface area (Å²) in [4.78, 5) is 13.9. The van der Waals surface area contributed by atoms with E-state index in [1.54, 1.807) is 0 Å². The molecule has 1 aliphatic rings. The fraction of sp³-hybridized carbons (Fsp3) is 0.611. The number of benzene rings is 1. The van der Waals surface area contributed by atoms with Crippen LogP contribution in [-0.2, 0) is 11.3 Å². The fourth-order valence-electron chi connectivity index (χ4n) is 3.35. The predicted octanol–water partition coefficient (Wildman–Crippen LogP) is 4.44. The van der Waals surface area contributed by atoms with Crippen LogP contribution in [0.5, 0.6) is 0 Å². The van der Waals surface area contributed by atoms with E-state index >= 15 is 0 Å². The van der Waals surface area contributed by atoms with Crippen LogP contribution in [0.2, 0.25) is 5.02 Å². The lowest BCUT2D eigenvalue weighted by Gasteiger charge is -2.34. The summed E-state index contributed by atoms with van der Waals surface area (Å²) in [6.07, 6.45) is 4.90. The molecule has 122 valence electrons. The van der Waals surface area contributed by atoms with Gasteiger partial charge in [-0.05, 0) is 56.0 Å². The number of hydrogen-bond donors (Lipinski definition) is 1. The van der Waals surface area contributed by atoms with Crippen molar-refractivity contribution in [2.75, 3.05) is 13.1 Å². The third-order valence-corrected chi connectivity index (χ3v) is 4.96. The second-order valence-electron chi connectivity index (χ2n) is 6.33. The van der Waals surface area contributed by atoms with E-state index in [-0.39, 0.29) is 5.92 Å². The Hall–Kier alpha value is -1.06. The molecular weight excluding hydrogens is 298 g/mol.